The highest BCUT2D eigenvalue weighted by atomic mass is 35.5. The summed E-state index contributed by atoms with van der Waals surface area (Å²) >= 11 is 7.64. The third-order valence-corrected chi connectivity index (χ3v) is 7.66. The zero-order chi connectivity index (χ0) is 29.1. The van der Waals surface area contributed by atoms with Crippen molar-refractivity contribution in [3.8, 4) is 11.5 Å². The van der Waals surface area contributed by atoms with Crippen molar-refractivity contribution in [2.45, 2.75) is 19.9 Å². The van der Waals surface area contributed by atoms with Crippen LogP contribution in [-0.2, 0) is 9.53 Å². The predicted octanol–water partition coefficient (Wildman–Crippen LogP) is 5.14. The van der Waals surface area contributed by atoms with Crippen LogP contribution in [0.1, 0.15) is 36.6 Å². The van der Waals surface area contributed by atoms with E-state index in [0.29, 0.717) is 54.8 Å². The SMILES string of the molecule is CCOC(=O)C1=C(c2ccccc2)N=c2s/c(=C\c3cc(Cl)c(OCC)c(OC)c3)c(=O)n2[C@H]1c1ccc(F)cc1. The Bertz CT molecular complexity index is 1810. The van der Waals surface area contributed by atoms with Crippen LogP contribution in [-0.4, -0.2) is 30.9 Å². The average molecular weight is 593 g/mol. The molecule has 0 bridgehead atoms. The monoisotopic (exact) mass is 592 g/mol. The summed E-state index contributed by atoms with van der Waals surface area (Å²) in [5.41, 5.74) is 2.04. The van der Waals surface area contributed by atoms with E-state index in [1.807, 2.05) is 37.3 Å². The molecule has 1 aliphatic heterocycles. The number of esters is 1. The maximum Gasteiger partial charge on any atom is 0.338 e. The number of ether oxygens (including phenoxy) is 3. The number of methoxy groups -OCH3 is 1. The average Bonchev–Trinajstić information content (AvgIpc) is 3.28. The summed E-state index contributed by atoms with van der Waals surface area (Å²) in [6.07, 6.45) is 1.69. The molecule has 5 rings (SSSR count). The van der Waals surface area contributed by atoms with E-state index in [2.05, 4.69) is 0 Å². The number of nitrogens with zero attached hydrogens (tertiary/aromatic N) is 2. The van der Waals surface area contributed by atoms with Gasteiger partial charge in [0.1, 0.15) is 5.82 Å². The van der Waals surface area contributed by atoms with E-state index in [-0.39, 0.29) is 17.7 Å². The van der Waals surface area contributed by atoms with Crippen molar-refractivity contribution in [2.75, 3.05) is 20.3 Å². The predicted molar refractivity (Wildman–Crippen MR) is 157 cm³/mol. The number of fused-ring (bicyclic) bond motifs is 1. The second-order valence-electron chi connectivity index (χ2n) is 8.95. The maximum absolute atomic E-state index is 14.0. The van der Waals surface area contributed by atoms with Gasteiger partial charge in [-0.25, -0.2) is 14.2 Å². The molecular weight excluding hydrogens is 567 g/mol. The van der Waals surface area contributed by atoms with E-state index >= 15 is 0 Å². The van der Waals surface area contributed by atoms with E-state index in [4.69, 9.17) is 30.8 Å². The Hall–Kier alpha value is -4.21. The summed E-state index contributed by atoms with van der Waals surface area (Å²) in [4.78, 5) is 32.6. The van der Waals surface area contributed by atoms with E-state index in [0.717, 1.165) is 0 Å². The molecule has 1 atom stereocenters. The molecule has 0 radical (unpaired) electrons. The first-order valence-corrected chi connectivity index (χ1v) is 14.1. The van der Waals surface area contributed by atoms with Gasteiger partial charge in [-0.15, -0.1) is 0 Å². The van der Waals surface area contributed by atoms with Crippen molar-refractivity contribution < 1.29 is 23.4 Å². The third-order valence-electron chi connectivity index (χ3n) is 6.40. The molecule has 0 saturated heterocycles. The highest BCUT2D eigenvalue weighted by Crippen LogP contribution is 2.37. The van der Waals surface area contributed by atoms with Crippen LogP contribution in [0.2, 0.25) is 5.02 Å². The first-order chi connectivity index (χ1) is 19.9. The molecule has 0 amide bonds. The van der Waals surface area contributed by atoms with Crippen molar-refractivity contribution >= 4 is 40.7 Å². The Balaban J connectivity index is 1.79. The number of halogens is 2. The lowest BCUT2D eigenvalue weighted by atomic mass is 9.93. The number of hydrogen-bond acceptors (Lipinski definition) is 7. The largest absolute Gasteiger partial charge is 0.493 e. The molecule has 3 aromatic carbocycles. The lowest BCUT2D eigenvalue weighted by molar-refractivity contribution is -0.138. The lowest BCUT2D eigenvalue weighted by Gasteiger charge is -2.25. The fourth-order valence-electron chi connectivity index (χ4n) is 4.66. The number of hydrogen-bond donors (Lipinski definition) is 0. The number of carbonyl (C=O) groups is 1. The summed E-state index contributed by atoms with van der Waals surface area (Å²) in [5, 5.41) is 0.338. The molecule has 7 nitrogen and oxygen atoms in total. The maximum atomic E-state index is 14.0. The highest BCUT2D eigenvalue weighted by Gasteiger charge is 2.35. The Labute approximate surface area is 244 Å². The van der Waals surface area contributed by atoms with Crippen LogP contribution in [0.4, 0.5) is 4.39 Å². The molecule has 0 fully saturated rings. The molecule has 0 saturated carbocycles. The fourth-order valence-corrected chi connectivity index (χ4v) is 5.93. The van der Waals surface area contributed by atoms with Crippen LogP contribution < -0.4 is 24.4 Å². The van der Waals surface area contributed by atoms with Gasteiger partial charge in [0.05, 0.1) is 47.2 Å². The van der Waals surface area contributed by atoms with Crippen molar-refractivity contribution in [1.29, 1.82) is 0 Å². The summed E-state index contributed by atoms with van der Waals surface area (Å²) in [7, 11) is 1.51. The van der Waals surface area contributed by atoms with Gasteiger partial charge in [-0.1, -0.05) is 65.4 Å². The number of benzene rings is 3. The van der Waals surface area contributed by atoms with Crippen LogP contribution in [0.3, 0.4) is 0 Å². The Kier molecular flexibility index (Phi) is 8.37. The summed E-state index contributed by atoms with van der Waals surface area (Å²) < 4.78 is 32.3. The van der Waals surface area contributed by atoms with Crippen molar-refractivity contribution in [2.24, 2.45) is 4.99 Å². The first kappa shape index (κ1) is 28.3. The van der Waals surface area contributed by atoms with Crippen molar-refractivity contribution in [3.05, 3.63) is 120 Å². The topological polar surface area (TPSA) is 79.1 Å². The lowest BCUT2D eigenvalue weighted by Crippen LogP contribution is -2.40. The minimum atomic E-state index is -0.901. The molecule has 210 valence electrons. The van der Waals surface area contributed by atoms with E-state index in [1.54, 1.807) is 37.3 Å². The molecule has 1 aromatic heterocycles. The molecule has 2 heterocycles. The van der Waals surface area contributed by atoms with Crippen molar-refractivity contribution in [1.82, 2.24) is 4.57 Å². The highest BCUT2D eigenvalue weighted by molar-refractivity contribution is 7.07. The summed E-state index contributed by atoms with van der Waals surface area (Å²) in [6.45, 7) is 4.09. The molecule has 41 heavy (non-hydrogen) atoms. The number of carbonyl (C=O) groups excluding carboxylic acids is 1. The molecule has 0 aliphatic carbocycles. The van der Waals surface area contributed by atoms with Gasteiger partial charge < -0.3 is 14.2 Å². The van der Waals surface area contributed by atoms with E-state index < -0.39 is 17.8 Å². The number of thiazole rings is 1. The van der Waals surface area contributed by atoms with Crippen LogP contribution in [0.15, 0.2) is 82.1 Å². The molecular formula is C31H26ClFN2O5S. The summed E-state index contributed by atoms with van der Waals surface area (Å²) in [6, 6.07) is 17.4. The smallest absolute Gasteiger partial charge is 0.338 e. The fraction of sp³-hybridized carbons (Fsp3) is 0.194. The van der Waals surface area contributed by atoms with Gasteiger partial charge in [-0.2, -0.15) is 0 Å². The van der Waals surface area contributed by atoms with Gasteiger partial charge in [0.25, 0.3) is 5.56 Å². The van der Waals surface area contributed by atoms with Crippen LogP contribution in [0, 0.1) is 5.82 Å². The van der Waals surface area contributed by atoms with Gasteiger partial charge in [0, 0.05) is 5.56 Å². The second-order valence-corrected chi connectivity index (χ2v) is 10.4. The van der Waals surface area contributed by atoms with Gasteiger partial charge in [-0.05, 0) is 55.3 Å². The number of rotatable bonds is 8. The Morgan fingerprint density at radius 1 is 1.10 bits per heavy atom. The van der Waals surface area contributed by atoms with E-state index in [9.17, 15) is 14.0 Å². The quantitative estimate of drug-likeness (QED) is 0.265. The van der Waals surface area contributed by atoms with Gasteiger partial charge in [0.15, 0.2) is 16.3 Å². The minimum absolute atomic E-state index is 0.130. The van der Waals surface area contributed by atoms with Gasteiger partial charge >= 0.3 is 5.97 Å². The number of aromatic nitrogens is 1. The van der Waals surface area contributed by atoms with E-state index in [1.165, 1.54) is 35.1 Å². The van der Waals surface area contributed by atoms with Crippen molar-refractivity contribution in [3.63, 3.8) is 0 Å². The zero-order valence-electron chi connectivity index (χ0n) is 22.5. The second kappa shape index (κ2) is 12.1. The molecule has 4 aromatic rings. The Morgan fingerprint density at radius 3 is 2.49 bits per heavy atom. The normalized spacial score (nSPS) is 14.9. The molecule has 1 aliphatic rings. The molecule has 0 N–H and O–H groups in total. The Morgan fingerprint density at radius 2 is 1.83 bits per heavy atom. The van der Waals surface area contributed by atoms with Crippen LogP contribution in [0.5, 0.6) is 11.5 Å². The third kappa shape index (κ3) is 5.55. The molecule has 0 spiro atoms. The molecule has 10 heteroatoms. The minimum Gasteiger partial charge on any atom is -0.493 e. The van der Waals surface area contributed by atoms with Gasteiger partial charge in [0.2, 0.25) is 0 Å². The summed E-state index contributed by atoms with van der Waals surface area (Å²) in [5.74, 6) is -0.203. The van der Waals surface area contributed by atoms with Crippen LogP contribution >= 0.6 is 22.9 Å². The van der Waals surface area contributed by atoms with Gasteiger partial charge in [-0.3, -0.25) is 9.36 Å². The first-order valence-electron chi connectivity index (χ1n) is 12.9. The van der Waals surface area contributed by atoms with Crippen LogP contribution in [0.25, 0.3) is 11.8 Å². The molecule has 0 unspecified atom stereocenters. The standard InChI is InChI=1S/C31H26ClFN2O5S/c1-4-39-28-22(32)15-18(16-23(28)38-3)17-24-29(36)35-27(20-11-13-21(33)14-12-20)25(30(37)40-5-2)26(34-31(35)41-24)19-9-7-6-8-10-19/h6-17,27H,4-5H2,1-3H3/b24-17-/t27-/m0/s1. The zero-order valence-corrected chi connectivity index (χ0v) is 24.1.